The van der Waals surface area contributed by atoms with Crippen molar-refractivity contribution in [1.29, 1.82) is 5.26 Å². The van der Waals surface area contributed by atoms with E-state index in [2.05, 4.69) is 22.3 Å². The molecule has 5 nitrogen and oxygen atoms in total. The Bertz CT molecular complexity index is 836. The molecule has 0 aliphatic carbocycles. The lowest BCUT2D eigenvalue weighted by molar-refractivity contribution is -0.112. The Hall–Kier alpha value is -2.97. The summed E-state index contributed by atoms with van der Waals surface area (Å²) in [5, 5.41) is 12.6. The molecule has 0 unspecified atom stereocenters. The van der Waals surface area contributed by atoms with Gasteiger partial charge >= 0.3 is 0 Å². The number of nitrogens with zero attached hydrogens (tertiary/aromatic N) is 3. The van der Waals surface area contributed by atoms with Crippen LogP contribution in [-0.4, -0.2) is 37.0 Å². The van der Waals surface area contributed by atoms with Crippen LogP contribution in [0.4, 0.5) is 11.4 Å². The second kappa shape index (κ2) is 8.41. The smallest absolute Gasteiger partial charge is 0.267 e. The molecule has 1 amide bonds. The normalized spacial score (nSPS) is 14.7. The highest BCUT2D eigenvalue weighted by Crippen LogP contribution is 2.17. The first-order valence-corrected chi connectivity index (χ1v) is 8.76. The van der Waals surface area contributed by atoms with Gasteiger partial charge in [-0.1, -0.05) is 35.9 Å². The van der Waals surface area contributed by atoms with Gasteiger partial charge in [-0.05, 0) is 30.3 Å². The molecule has 1 aliphatic heterocycles. The molecule has 0 spiro atoms. The third-order valence-corrected chi connectivity index (χ3v) is 4.43. The molecule has 0 atom stereocenters. The van der Waals surface area contributed by atoms with Gasteiger partial charge in [0.25, 0.3) is 5.91 Å². The van der Waals surface area contributed by atoms with Crippen LogP contribution < -0.4 is 10.2 Å². The largest absolute Gasteiger partial charge is 0.373 e. The van der Waals surface area contributed by atoms with Crippen molar-refractivity contribution >= 4 is 28.9 Å². The first kappa shape index (κ1) is 17.8. The van der Waals surface area contributed by atoms with Crippen molar-refractivity contribution in [1.82, 2.24) is 4.90 Å². The lowest BCUT2D eigenvalue weighted by atomic mass is 10.2. The maximum Gasteiger partial charge on any atom is 0.267 e. The number of carbonyl (C=O) groups excluding carboxylic acids is 1. The molecule has 6 heteroatoms. The van der Waals surface area contributed by atoms with Crippen LogP contribution in [0, 0.1) is 11.3 Å². The van der Waals surface area contributed by atoms with Crippen molar-refractivity contribution in [3.8, 4) is 6.07 Å². The summed E-state index contributed by atoms with van der Waals surface area (Å²) in [4.78, 5) is 16.6. The summed E-state index contributed by atoms with van der Waals surface area (Å²) in [5.41, 5.74) is 1.84. The molecule has 0 saturated carbocycles. The van der Waals surface area contributed by atoms with Gasteiger partial charge in [-0.25, -0.2) is 0 Å². The number of hydrogen-bond donors (Lipinski definition) is 1. The molecule has 0 bridgehead atoms. The van der Waals surface area contributed by atoms with Crippen molar-refractivity contribution in [2.24, 2.45) is 0 Å². The molecule has 132 valence electrons. The Morgan fingerprint density at radius 1 is 1.08 bits per heavy atom. The number of nitriles is 1. The summed E-state index contributed by atoms with van der Waals surface area (Å²) in [6.45, 7) is 3.19. The Kier molecular flexibility index (Phi) is 5.77. The zero-order valence-corrected chi connectivity index (χ0v) is 15.0. The van der Waals surface area contributed by atoms with Gasteiger partial charge in [0, 0.05) is 48.8 Å². The van der Waals surface area contributed by atoms with Gasteiger partial charge in [0.15, 0.2) is 0 Å². The molecule has 3 rings (SSSR count). The summed E-state index contributed by atoms with van der Waals surface area (Å²) in [5.74, 6) is -0.430. The van der Waals surface area contributed by atoms with Gasteiger partial charge in [0.2, 0.25) is 0 Å². The van der Waals surface area contributed by atoms with Crippen molar-refractivity contribution in [2.45, 2.75) is 0 Å². The molecule has 0 aromatic heterocycles. The van der Waals surface area contributed by atoms with E-state index in [1.165, 1.54) is 5.69 Å². The number of rotatable bonds is 4. The van der Waals surface area contributed by atoms with Crippen LogP contribution in [0.15, 0.2) is 66.4 Å². The molecule has 26 heavy (non-hydrogen) atoms. The average molecular weight is 367 g/mol. The van der Waals surface area contributed by atoms with Crippen molar-refractivity contribution in [2.75, 3.05) is 36.4 Å². The summed E-state index contributed by atoms with van der Waals surface area (Å²) in [7, 11) is 0. The Morgan fingerprint density at radius 2 is 1.81 bits per heavy atom. The second-order valence-electron chi connectivity index (χ2n) is 5.98. The Morgan fingerprint density at radius 3 is 2.46 bits per heavy atom. The van der Waals surface area contributed by atoms with E-state index in [-0.39, 0.29) is 5.57 Å². The standard InChI is InChI=1S/C20H19ClN4O/c21-17-5-4-6-18(13-17)23-20(26)16(14-22)15-24-9-11-25(12-10-24)19-7-2-1-3-8-19/h1-8,13,15H,9-12H2,(H,23,26)/b16-15-. The van der Waals surface area contributed by atoms with Crippen LogP contribution in [0.3, 0.4) is 0 Å². The van der Waals surface area contributed by atoms with E-state index in [1.54, 1.807) is 30.5 Å². The molecular formula is C20H19ClN4O. The zero-order valence-electron chi connectivity index (χ0n) is 14.2. The molecule has 1 fully saturated rings. The maximum absolute atomic E-state index is 12.3. The van der Waals surface area contributed by atoms with E-state index in [0.29, 0.717) is 10.7 Å². The number of anilines is 2. The van der Waals surface area contributed by atoms with Crippen molar-refractivity contribution in [3.63, 3.8) is 0 Å². The van der Waals surface area contributed by atoms with E-state index in [4.69, 9.17) is 11.6 Å². The molecule has 2 aromatic rings. The first-order chi connectivity index (χ1) is 12.7. The minimum absolute atomic E-state index is 0.0816. The van der Waals surface area contributed by atoms with E-state index in [1.807, 2.05) is 29.2 Å². The third-order valence-electron chi connectivity index (χ3n) is 4.19. The lowest BCUT2D eigenvalue weighted by Crippen LogP contribution is -2.44. The number of amides is 1. The number of piperazine rings is 1. The van der Waals surface area contributed by atoms with Crippen molar-refractivity contribution < 1.29 is 4.79 Å². The Balaban J connectivity index is 1.61. The SMILES string of the molecule is N#C/C(=C/N1CCN(c2ccccc2)CC1)C(=O)Nc1cccc(Cl)c1. The van der Waals surface area contributed by atoms with E-state index in [0.717, 1.165) is 26.2 Å². The number of carbonyl (C=O) groups is 1. The van der Waals surface area contributed by atoms with Gasteiger partial charge in [-0.15, -0.1) is 0 Å². The van der Waals surface area contributed by atoms with Crippen LogP contribution in [0.1, 0.15) is 0 Å². The highest BCUT2D eigenvalue weighted by molar-refractivity contribution is 6.31. The first-order valence-electron chi connectivity index (χ1n) is 8.38. The summed E-state index contributed by atoms with van der Waals surface area (Å²) < 4.78 is 0. The topological polar surface area (TPSA) is 59.4 Å². The summed E-state index contributed by atoms with van der Waals surface area (Å²) in [6.07, 6.45) is 1.64. The Labute approximate surface area is 158 Å². The highest BCUT2D eigenvalue weighted by atomic mass is 35.5. The molecular weight excluding hydrogens is 348 g/mol. The summed E-state index contributed by atoms with van der Waals surface area (Å²) >= 11 is 5.92. The fourth-order valence-electron chi connectivity index (χ4n) is 2.83. The van der Waals surface area contributed by atoms with Crippen LogP contribution >= 0.6 is 11.6 Å². The third kappa shape index (κ3) is 4.56. The van der Waals surface area contributed by atoms with Crippen LogP contribution in [0.2, 0.25) is 5.02 Å². The molecule has 2 aromatic carbocycles. The van der Waals surface area contributed by atoms with Crippen LogP contribution in [-0.2, 0) is 4.79 Å². The zero-order chi connectivity index (χ0) is 18.4. The van der Waals surface area contributed by atoms with Gasteiger partial charge < -0.3 is 15.1 Å². The predicted molar refractivity (Wildman–Crippen MR) is 104 cm³/mol. The number of benzene rings is 2. The number of para-hydroxylation sites is 1. The lowest BCUT2D eigenvalue weighted by Gasteiger charge is -2.35. The van der Waals surface area contributed by atoms with Crippen LogP contribution in [0.5, 0.6) is 0 Å². The second-order valence-corrected chi connectivity index (χ2v) is 6.41. The highest BCUT2D eigenvalue weighted by Gasteiger charge is 2.17. The maximum atomic E-state index is 12.3. The van der Waals surface area contributed by atoms with Gasteiger partial charge in [-0.2, -0.15) is 5.26 Å². The monoisotopic (exact) mass is 366 g/mol. The van der Waals surface area contributed by atoms with Gasteiger partial charge in [-0.3, -0.25) is 4.79 Å². The molecule has 0 radical (unpaired) electrons. The average Bonchev–Trinajstić information content (AvgIpc) is 2.67. The molecule has 1 N–H and O–H groups in total. The predicted octanol–water partition coefficient (Wildman–Crippen LogP) is 3.51. The van der Waals surface area contributed by atoms with E-state index < -0.39 is 5.91 Å². The number of hydrogen-bond acceptors (Lipinski definition) is 4. The fourth-order valence-corrected chi connectivity index (χ4v) is 3.02. The molecule has 1 saturated heterocycles. The van der Waals surface area contributed by atoms with E-state index >= 15 is 0 Å². The van der Waals surface area contributed by atoms with Gasteiger partial charge in [0.05, 0.1) is 0 Å². The fraction of sp³-hybridized carbons (Fsp3) is 0.200. The molecule has 1 heterocycles. The minimum atomic E-state index is -0.430. The van der Waals surface area contributed by atoms with Crippen LogP contribution in [0.25, 0.3) is 0 Å². The number of nitrogens with one attached hydrogen (secondary N) is 1. The van der Waals surface area contributed by atoms with E-state index in [9.17, 15) is 10.1 Å². The minimum Gasteiger partial charge on any atom is -0.373 e. The summed E-state index contributed by atoms with van der Waals surface area (Å²) in [6, 6.07) is 19.1. The quantitative estimate of drug-likeness (QED) is 0.664. The van der Waals surface area contributed by atoms with Crippen molar-refractivity contribution in [3.05, 3.63) is 71.4 Å². The molecule has 1 aliphatic rings. The van der Waals surface area contributed by atoms with Gasteiger partial charge in [0.1, 0.15) is 11.6 Å². The number of halogens is 1.